The number of nitrogens with zero attached hydrogens (tertiary/aromatic N) is 3. The van der Waals surface area contributed by atoms with E-state index >= 15 is 0 Å². The summed E-state index contributed by atoms with van der Waals surface area (Å²) >= 11 is 0. The Hall–Kier alpha value is -1.84. The zero-order chi connectivity index (χ0) is 12.4. The lowest BCUT2D eigenvalue weighted by molar-refractivity contribution is 0.707. The van der Waals surface area contributed by atoms with E-state index in [9.17, 15) is 4.79 Å². The van der Waals surface area contributed by atoms with Gasteiger partial charge in [0.2, 0.25) is 0 Å². The van der Waals surface area contributed by atoms with Crippen LogP contribution < -0.4 is 10.6 Å². The number of fused-ring (bicyclic) bond motifs is 1. The molecular weight excluding hydrogens is 214 g/mol. The van der Waals surface area contributed by atoms with Gasteiger partial charge in [-0.15, -0.1) is 0 Å². The summed E-state index contributed by atoms with van der Waals surface area (Å²) < 4.78 is 1.63. The molecule has 0 bridgehead atoms. The Morgan fingerprint density at radius 2 is 2.18 bits per heavy atom. The summed E-state index contributed by atoms with van der Waals surface area (Å²) in [5.74, 6) is 0. The van der Waals surface area contributed by atoms with Crippen LogP contribution in [0.1, 0.15) is 18.9 Å². The number of pyridine rings is 2. The van der Waals surface area contributed by atoms with Crippen molar-refractivity contribution in [2.45, 2.75) is 19.8 Å². The highest BCUT2D eigenvalue weighted by Gasteiger charge is 2.10. The van der Waals surface area contributed by atoms with Gasteiger partial charge in [0.1, 0.15) is 0 Å². The van der Waals surface area contributed by atoms with E-state index in [1.165, 1.54) is 0 Å². The Bertz CT molecular complexity index is 587. The van der Waals surface area contributed by atoms with Crippen LogP contribution in [0.15, 0.2) is 29.2 Å². The lowest BCUT2D eigenvalue weighted by Gasteiger charge is -2.18. The fourth-order valence-corrected chi connectivity index (χ4v) is 2.00. The highest BCUT2D eigenvalue weighted by atomic mass is 16.1. The quantitative estimate of drug-likeness (QED) is 0.804. The average molecular weight is 231 g/mol. The van der Waals surface area contributed by atoms with Gasteiger partial charge in [-0.3, -0.25) is 4.79 Å². The number of hydrogen-bond acceptors (Lipinski definition) is 3. The van der Waals surface area contributed by atoms with E-state index in [1.807, 2.05) is 32.3 Å². The molecule has 0 spiro atoms. The van der Waals surface area contributed by atoms with E-state index in [0.717, 1.165) is 23.8 Å². The van der Waals surface area contributed by atoms with Gasteiger partial charge in [-0.25, -0.2) is 9.66 Å². The third kappa shape index (κ3) is 2.02. The average Bonchev–Trinajstić information content (AvgIpc) is 2.30. The first-order chi connectivity index (χ1) is 8.15. The smallest absolute Gasteiger partial charge is 0.274 e. The van der Waals surface area contributed by atoms with E-state index in [-0.39, 0.29) is 5.56 Å². The van der Waals surface area contributed by atoms with Crippen LogP contribution in [0, 0.1) is 0 Å². The van der Waals surface area contributed by atoms with Gasteiger partial charge in [0, 0.05) is 31.2 Å². The first-order valence-corrected chi connectivity index (χ1v) is 5.82. The normalized spacial score (nSPS) is 10.8. The number of aryl methyl sites for hydroxylation is 1. The lowest BCUT2D eigenvalue weighted by Crippen LogP contribution is -2.38. The third-order valence-corrected chi connectivity index (χ3v) is 2.73. The van der Waals surface area contributed by atoms with Crippen molar-refractivity contribution >= 4 is 11.0 Å². The molecular formula is C13H17N3O. The summed E-state index contributed by atoms with van der Waals surface area (Å²) in [6, 6.07) is 5.83. The maximum absolute atomic E-state index is 12.3. The van der Waals surface area contributed by atoms with Crippen molar-refractivity contribution in [2.75, 3.05) is 19.1 Å². The van der Waals surface area contributed by atoms with Gasteiger partial charge in [-0.2, -0.15) is 0 Å². The van der Waals surface area contributed by atoms with E-state index in [1.54, 1.807) is 15.9 Å². The summed E-state index contributed by atoms with van der Waals surface area (Å²) in [4.78, 5) is 16.6. The predicted octanol–water partition coefficient (Wildman–Crippen LogP) is 1.55. The zero-order valence-electron chi connectivity index (χ0n) is 10.5. The SMILES string of the molecule is CCCc1cc2cccnc2n(N(C)C)c1=O. The minimum Gasteiger partial charge on any atom is -0.314 e. The van der Waals surface area contributed by atoms with Crippen LogP contribution in [0.2, 0.25) is 0 Å². The van der Waals surface area contributed by atoms with Crippen molar-refractivity contribution in [2.24, 2.45) is 0 Å². The van der Waals surface area contributed by atoms with Crippen LogP contribution in [0.5, 0.6) is 0 Å². The Kier molecular flexibility index (Phi) is 3.13. The molecule has 0 atom stereocenters. The van der Waals surface area contributed by atoms with Crippen molar-refractivity contribution in [3.8, 4) is 0 Å². The van der Waals surface area contributed by atoms with Gasteiger partial charge in [0.05, 0.1) is 0 Å². The van der Waals surface area contributed by atoms with Crippen LogP contribution in [0.25, 0.3) is 11.0 Å². The Balaban J connectivity index is 2.81. The molecule has 0 unspecified atom stereocenters. The summed E-state index contributed by atoms with van der Waals surface area (Å²) in [5, 5.41) is 2.78. The topological polar surface area (TPSA) is 38.1 Å². The second-order valence-electron chi connectivity index (χ2n) is 4.30. The standard InChI is InChI=1S/C13H17N3O/c1-4-6-11-9-10-7-5-8-14-12(10)16(13(11)17)15(2)3/h5,7-9H,4,6H2,1-3H3. The van der Waals surface area contributed by atoms with Crippen molar-refractivity contribution in [1.82, 2.24) is 9.66 Å². The van der Waals surface area contributed by atoms with Gasteiger partial charge < -0.3 is 5.01 Å². The number of rotatable bonds is 3. The molecule has 4 heteroatoms. The number of hydrogen-bond donors (Lipinski definition) is 0. The Morgan fingerprint density at radius 3 is 2.82 bits per heavy atom. The minimum absolute atomic E-state index is 0.0306. The Labute approximate surface area is 100 Å². The van der Waals surface area contributed by atoms with Crippen molar-refractivity contribution in [3.05, 3.63) is 40.3 Å². The molecule has 0 aliphatic heterocycles. The minimum atomic E-state index is 0.0306. The van der Waals surface area contributed by atoms with E-state index in [4.69, 9.17) is 0 Å². The van der Waals surface area contributed by atoms with Gasteiger partial charge in [-0.1, -0.05) is 13.3 Å². The summed E-state index contributed by atoms with van der Waals surface area (Å²) in [6.07, 6.45) is 3.48. The molecule has 0 saturated carbocycles. The van der Waals surface area contributed by atoms with Gasteiger partial charge in [0.25, 0.3) is 5.56 Å². The van der Waals surface area contributed by atoms with E-state index < -0.39 is 0 Å². The molecule has 2 rings (SSSR count). The molecule has 0 radical (unpaired) electrons. The summed E-state index contributed by atoms with van der Waals surface area (Å²) in [6.45, 7) is 2.08. The molecule has 0 saturated heterocycles. The van der Waals surface area contributed by atoms with E-state index in [2.05, 4.69) is 11.9 Å². The van der Waals surface area contributed by atoms with E-state index in [0.29, 0.717) is 5.65 Å². The second kappa shape index (κ2) is 4.57. The maximum atomic E-state index is 12.3. The maximum Gasteiger partial charge on any atom is 0.274 e. The van der Waals surface area contributed by atoms with Crippen molar-refractivity contribution in [3.63, 3.8) is 0 Å². The summed E-state index contributed by atoms with van der Waals surface area (Å²) in [5.41, 5.74) is 1.59. The van der Waals surface area contributed by atoms with Gasteiger partial charge in [-0.05, 0) is 24.6 Å². The van der Waals surface area contributed by atoms with Crippen LogP contribution in [-0.2, 0) is 6.42 Å². The zero-order valence-corrected chi connectivity index (χ0v) is 10.5. The molecule has 17 heavy (non-hydrogen) atoms. The molecule has 0 N–H and O–H groups in total. The number of aromatic nitrogens is 2. The van der Waals surface area contributed by atoms with Gasteiger partial charge >= 0.3 is 0 Å². The fourth-order valence-electron chi connectivity index (χ4n) is 2.00. The predicted molar refractivity (Wildman–Crippen MR) is 70.1 cm³/mol. The Morgan fingerprint density at radius 1 is 1.41 bits per heavy atom. The second-order valence-corrected chi connectivity index (χ2v) is 4.30. The highest BCUT2D eigenvalue weighted by Crippen LogP contribution is 2.11. The molecule has 2 heterocycles. The molecule has 4 nitrogen and oxygen atoms in total. The molecule has 0 amide bonds. The molecule has 0 aliphatic rings. The molecule has 0 fully saturated rings. The monoisotopic (exact) mass is 231 g/mol. The van der Waals surface area contributed by atoms with Crippen LogP contribution >= 0.6 is 0 Å². The van der Waals surface area contributed by atoms with Gasteiger partial charge in [0.15, 0.2) is 5.65 Å². The first-order valence-electron chi connectivity index (χ1n) is 5.82. The summed E-state index contributed by atoms with van der Waals surface area (Å²) in [7, 11) is 3.70. The van der Waals surface area contributed by atoms with Crippen LogP contribution in [0.4, 0.5) is 0 Å². The molecule has 2 aromatic heterocycles. The lowest BCUT2D eigenvalue weighted by atomic mass is 10.1. The third-order valence-electron chi connectivity index (χ3n) is 2.73. The molecule has 0 aliphatic carbocycles. The largest absolute Gasteiger partial charge is 0.314 e. The van der Waals surface area contributed by atoms with Crippen LogP contribution in [-0.4, -0.2) is 23.8 Å². The van der Waals surface area contributed by atoms with Crippen LogP contribution in [0.3, 0.4) is 0 Å². The molecule has 2 aromatic rings. The molecule has 90 valence electrons. The van der Waals surface area contributed by atoms with Crippen molar-refractivity contribution in [1.29, 1.82) is 0 Å². The van der Waals surface area contributed by atoms with Crippen molar-refractivity contribution < 1.29 is 0 Å². The highest BCUT2D eigenvalue weighted by molar-refractivity contribution is 5.75. The molecule has 0 aromatic carbocycles. The fraction of sp³-hybridized carbons (Fsp3) is 0.385. The first kappa shape index (κ1) is 11.6.